The molecule has 1 heterocycles. The lowest BCUT2D eigenvalue weighted by Gasteiger charge is -2.26. The van der Waals surface area contributed by atoms with Gasteiger partial charge in [0.1, 0.15) is 5.66 Å². The van der Waals surface area contributed by atoms with E-state index in [0.29, 0.717) is 5.70 Å². The van der Waals surface area contributed by atoms with Crippen molar-refractivity contribution in [1.29, 1.82) is 0 Å². The fourth-order valence-corrected chi connectivity index (χ4v) is 1.57. The molecule has 2 N–H and O–H groups in total. The molecule has 1 aliphatic heterocycles. The van der Waals surface area contributed by atoms with E-state index < -0.39 is 0 Å². The second kappa shape index (κ2) is 3.18. The summed E-state index contributed by atoms with van der Waals surface area (Å²) >= 11 is 0. The van der Waals surface area contributed by atoms with Crippen molar-refractivity contribution < 1.29 is 4.79 Å². The van der Waals surface area contributed by atoms with E-state index >= 15 is 0 Å². The smallest absolute Gasteiger partial charge is 0.167 e. The molecule has 0 amide bonds. The molecule has 0 bridgehead atoms. The summed E-state index contributed by atoms with van der Waals surface area (Å²) in [7, 11) is 0. The maximum absolute atomic E-state index is 10.6. The summed E-state index contributed by atoms with van der Waals surface area (Å²) in [6.07, 6.45) is 2.50. The number of nitrogens with one attached hydrogen (secondary N) is 2. The lowest BCUT2D eigenvalue weighted by atomic mass is 10.0. The van der Waals surface area contributed by atoms with E-state index in [9.17, 15) is 4.79 Å². The van der Waals surface area contributed by atoms with E-state index in [-0.39, 0.29) is 5.66 Å². The van der Waals surface area contributed by atoms with Crippen molar-refractivity contribution >= 4 is 6.29 Å². The summed E-state index contributed by atoms with van der Waals surface area (Å²) in [6, 6.07) is 9.95. The fourth-order valence-electron chi connectivity index (χ4n) is 1.57. The van der Waals surface area contributed by atoms with E-state index in [2.05, 4.69) is 10.6 Å². The van der Waals surface area contributed by atoms with Crippen LogP contribution in [-0.4, -0.2) is 6.29 Å². The van der Waals surface area contributed by atoms with Crippen molar-refractivity contribution in [3.63, 3.8) is 0 Å². The van der Waals surface area contributed by atoms with Crippen LogP contribution in [0.1, 0.15) is 12.5 Å². The van der Waals surface area contributed by atoms with Crippen LogP contribution in [0.25, 0.3) is 0 Å². The first kappa shape index (κ1) is 8.81. The molecule has 0 unspecified atom stereocenters. The third-order valence-corrected chi connectivity index (χ3v) is 2.39. The second-order valence-electron chi connectivity index (χ2n) is 3.48. The normalized spacial score (nSPS) is 24.8. The number of hydrogen-bond acceptors (Lipinski definition) is 3. The van der Waals surface area contributed by atoms with Gasteiger partial charge < -0.3 is 10.6 Å². The number of allylic oxidation sites excluding steroid dienone is 1. The van der Waals surface area contributed by atoms with Crippen LogP contribution in [0.2, 0.25) is 0 Å². The van der Waals surface area contributed by atoms with Crippen molar-refractivity contribution in [3.8, 4) is 0 Å². The number of benzene rings is 1. The molecule has 1 aromatic rings. The molecule has 0 aliphatic carbocycles. The molecule has 1 atom stereocenters. The van der Waals surface area contributed by atoms with Crippen molar-refractivity contribution in [2.45, 2.75) is 12.6 Å². The molecule has 2 rings (SSSR count). The third-order valence-electron chi connectivity index (χ3n) is 2.39. The summed E-state index contributed by atoms with van der Waals surface area (Å²) < 4.78 is 0. The van der Waals surface area contributed by atoms with Crippen LogP contribution < -0.4 is 10.6 Å². The molecule has 14 heavy (non-hydrogen) atoms. The average molecular weight is 188 g/mol. The quantitative estimate of drug-likeness (QED) is 0.683. The van der Waals surface area contributed by atoms with E-state index in [1.54, 1.807) is 6.20 Å². The van der Waals surface area contributed by atoms with E-state index in [0.717, 1.165) is 11.8 Å². The predicted octanol–water partition coefficient (Wildman–Crippen LogP) is 1.09. The Morgan fingerprint density at radius 2 is 2.00 bits per heavy atom. The average Bonchev–Trinajstić information content (AvgIpc) is 2.63. The van der Waals surface area contributed by atoms with Gasteiger partial charge in [0.05, 0.1) is 5.70 Å². The number of hydrogen-bond donors (Lipinski definition) is 2. The number of rotatable bonds is 2. The topological polar surface area (TPSA) is 41.1 Å². The van der Waals surface area contributed by atoms with Gasteiger partial charge in [-0.05, 0) is 12.5 Å². The highest BCUT2D eigenvalue weighted by molar-refractivity contribution is 5.73. The standard InChI is InChI=1S/C11H12N2O/c1-11(9-5-3-2-4-6-9)12-7-10(8-14)13-11/h2-8,12-13H,1H3/t11-/m0/s1. The van der Waals surface area contributed by atoms with Crippen molar-refractivity contribution in [1.82, 2.24) is 10.6 Å². The zero-order valence-electron chi connectivity index (χ0n) is 7.95. The monoisotopic (exact) mass is 188 g/mol. The Morgan fingerprint density at radius 1 is 1.29 bits per heavy atom. The summed E-state index contributed by atoms with van der Waals surface area (Å²) in [5.74, 6) is 0. The number of carbonyl (C=O) groups excluding carboxylic acids is 1. The predicted molar refractivity (Wildman–Crippen MR) is 54.2 cm³/mol. The van der Waals surface area contributed by atoms with E-state index in [1.807, 2.05) is 37.3 Å². The van der Waals surface area contributed by atoms with Gasteiger partial charge in [0.15, 0.2) is 6.29 Å². The highest BCUT2D eigenvalue weighted by atomic mass is 16.1. The third kappa shape index (κ3) is 1.37. The first-order valence-corrected chi connectivity index (χ1v) is 4.51. The van der Waals surface area contributed by atoms with Gasteiger partial charge in [0.2, 0.25) is 0 Å². The lowest BCUT2D eigenvalue weighted by Crippen LogP contribution is -2.43. The molecule has 3 heteroatoms. The number of aldehydes is 1. The highest BCUT2D eigenvalue weighted by Gasteiger charge is 2.29. The Hall–Kier alpha value is -1.77. The summed E-state index contributed by atoms with van der Waals surface area (Å²) in [4.78, 5) is 10.6. The first-order chi connectivity index (χ1) is 6.74. The second-order valence-corrected chi connectivity index (χ2v) is 3.48. The highest BCUT2D eigenvalue weighted by Crippen LogP contribution is 2.21. The Kier molecular flexibility index (Phi) is 2.00. The van der Waals surface area contributed by atoms with Crippen LogP contribution in [-0.2, 0) is 10.5 Å². The molecule has 0 radical (unpaired) electrons. The summed E-state index contributed by atoms with van der Waals surface area (Å²) in [6.45, 7) is 2.00. The molecule has 1 aliphatic rings. The molecule has 72 valence electrons. The molecule has 0 aromatic heterocycles. The van der Waals surface area contributed by atoms with Crippen molar-refractivity contribution in [3.05, 3.63) is 47.8 Å². The molecule has 0 spiro atoms. The van der Waals surface area contributed by atoms with Gasteiger partial charge in [0, 0.05) is 6.20 Å². The fraction of sp³-hybridized carbons (Fsp3) is 0.182. The van der Waals surface area contributed by atoms with Gasteiger partial charge in [-0.1, -0.05) is 30.3 Å². The molecule has 0 saturated carbocycles. The number of carbonyl (C=O) groups is 1. The summed E-state index contributed by atoms with van der Waals surface area (Å²) in [5.41, 5.74) is 1.32. The lowest BCUT2D eigenvalue weighted by molar-refractivity contribution is -0.105. The molecule has 3 nitrogen and oxygen atoms in total. The SMILES string of the molecule is C[C@]1(c2ccccc2)NC=C(C=O)N1. The van der Waals surface area contributed by atoms with Crippen molar-refractivity contribution in [2.75, 3.05) is 0 Å². The maximum Gasteiger partial charge on any atom is 0.167 e. The Bertz CT molecular complexity index is 372. The molecular formula is C11H12N2O. The van der Waals surface area contributed by atoms with E-state index in [4.69, 9.17) is 0 Å². The largest absolute Gasteiger partial charge is 0.364 e. The van der Waals surface area contributed by atoms with Gasteiger partial charge in [-0.2, -0.15) is 0 Å². The minimum atomic E-state index is -0.364. The first-order valence-electron chi connectivity index (χ1n) is 4.51. The molecule has 1 aromatic carbocycles. The van der Waals surface area contributed by atoms with Gasteiger partial charge in [-0.15, -0.1) is 0 Å². The zero-order chi connectivity index (χ0) is 10.0. The van der Waals surface area contributed by atoms with Crippen molar-refractivity contribution in [2.24, 2.45) is 0 Å². The van der Waals surface area contributed by atoms with Crippen LogP contribution >= 0.6 is 0 Å². The van der Waals surface area contributed by atoms with Crippen LogP contribution in [0, 0.1) is 0 Å². The summed E-state index contributed by atoms with van der Waals surface area (Å²) in [5, 5.41) is 6.26. The van der Waals surface area contributed by atoms with Crippen LogP contribution in [0.15, 0.2) is 42.2 Å². The maximum atomic E-state index is 10.6. The van der Waals surface area contributed by atoms with Gasteiger partial charge in [-0.25, -0.2) is 0 Å². The van der Waals surface area contributed by atoms with Crippen LogP contribution in [0.4, 0.5) is 0 Å². The minimum absolute atomic E-state index is 0.364. The Labute approximate surface area is 82.8 Å². The van der Waals surface area contributed by atoms with E-state index in [1.165, 1.54) is 0 Å². The molecular weight excluding hydrogens is 176 g/mol. The van der Waals surface area contributed by atoms with Gasteiger partial charge in [0.25, 0.3) is 0 Å². The Balaban J connectivity index is 2.25. The van der Waals surface area contributed by atoms with Gasteiger partial charge in [-0.3, -0.25) is 4.79 Å². The Morgan fingerprint density at radius 3 is 2.57 bits per heavy atom. The van der Waals surface area contributed by atoms with Gasteiger partial charge >= 0.3 is 0 Å². The molecule has 0 fully saturated rings. The molecule has 0 saturated heterocycles. The van der Waals surface area contributed by atoms with Crippen LogP contribution in [0.5, 0.6) is 0 Å². The minimum Gasteiger partial charge on any atom is -0.364 e. The van der Waals surface area contributed by atoms with Crippen LogP contribution in [0.3, 0.4) is 0 Å². The zero-order valence-corrected chi connectivity index (χ0v) is 7.95.